The molecule has 0 radical (unpaired) electrons. The van der Waals surface area contributed by atoms with E-state index in [4.69, 9.17) is 0 Å². The Labute approximate surface area is 122 Å². The molecule has 1 aromatic rings. The standard InChI is InChI=1S/C15H24N2O2S/c1-13-3-2-4-14(11-13)7-10-17-20(18,19)12-15-5-8-16-9-6-15/h2-4,11,15-17H,5-10,12H2,1H3. The largest absolute Gasteiger partial charge is 0.317 e. The summed E-state index contributed by atoms with van der Waals surface area (Å²) in [5.74, 6) is 0.565. The summed E-state index contributed by atoms with van der Waals surface area (Å²) >= 11 is 0. The predicted molar refractivity (Wildman–Crippen MR) is 82.3 cm³/mol. The van der Waals surface area contributed by atoms with Crippen molar-refractivity contribution in [3.05, 3.63) is 35.4 Å². The van der Waals surface area contributed by atoms with Crippen molar-refractivity contribution in [2.45, 2.75) is 26.2 Å². The Bertz CT molecular complexity index is 522. The lowest BCUT2D eigenvalue weighted by Gasteiger charge is -2.22. The van der Waals surface area contributed by atoms with Crippen molar-refractivity contribution >= 4 is 10.0 Å². The van der Waals surface area contributed by atoms with E-state index in [1.165, 1.54) is 11.1 Å². The van der Waals surface area contributed by atoms with Gasteiger partial charge in [0.05, 0.1) is 5.75 Å². The Morgan fingerprint density at radius 2 is 2.05 bits per heavy atom. The normalized spacial score (nSPS) is 17.2. The minimum atomic E-state index is -3.14. The van der Waals surface area contributed by atoms with Gasteiger partial charge in [0.1, 0.15) is 0 Å². The zero-order chi connectivity index (χ0) is 14.4. The van der Waals surface area contributed by atoms with Gasteiger partial charge in [0, 0.05) is 6.54 Å². The van der Waals surface area contributed by atoms with E-state index >= 15 is 0 Å². The molecule has 2 N–H and O–H groups in total. The van der Waals surface area contributed by atoms with Gasteiger partial charge in [-0.3, -0.25) is 0 Å². The molecule has 0 amide bonds. The Morgan fingerprint density at radius 1 is 1.30 bits per heavy atom. The average Bonchev–Trinajstić information content (AvgIpc) is 2.39. The first kappa shape index (κ1) is 15.5. The van der Waals surface area contributed by atoms with Crippen LogP contribution in [0.5, 0.6) is 0 Å². The van der Waals surface area contributed by atoms with E-state index in [0.29, 0.717) is 12.5 Å². The van der Waals surface area contributed by atoms with Crippen molar-refractivity contribution in [3.63, 3.8) is 0 Å². The highest BCUT2D eigenvalue weighted by atomic mass is 32.2. The monoisotopic (exact) mass is 296 g/mol. The molecule has 0 spiro atoms. The van der Waals surface area contributed by atoms with Crippen molar-refractivity contribution in [2.24, 2.45) is 5.92 Å². The van der Waals surface area contributed by atoms with Gasteiger partial charge in [-0.2, -0.15) is 0 Å². The molecule has 1 fully saturated rings. The van der Waals surface area contributed by atoms with Crippen LogP contribution in [0.15, 0.2) is 24.3 Å². The molecule has 20 heavy (non-hydrogen) atoms. The van der Waals surface area contributed by atoms with Crippen LogP contribution in [0.2, 0.25) is 0 Å². The molecule has 2 rings (SSSR count). The van der Waals surface area contributed by atoms with E-state index in [1.54, 1.807) is 0 Å². The number of hydrogen-bond donors (Lipinski definition) is 2. The van der Waals surface area contributed by atoms with Crippen molar-refractivity contribution < 1.29 is 8.42 Å². The summed E-state index contributed by atoms with van der Waals surface area (Å²) in [6.45, 7) is 4.40. The first-order valence-electron chi connectivity index (χ1n) is 7.29. The highest BCUT2D eigenvalue weighted by Gasteiger charge is 2.20. The Hall–Kier alpha value is -0.910. The smallest absolute Gasteiger partial charge is 0.211 e. The third-order valence-electron chi connectivity index (χ3n) is 3.73. The number of benzene rings is 1. The zero-order valence-electron chi connectivity index (χ0n) is 12.1. The molecule has 1 aliphatic heterocycles. The van der Waals surface area contributed by atoms with Crippen LogP contribution in [0, 0.1) is 12.8 Å². The van der Waals surface area contributed by atoms with E-state index in [9.17, 15) is 8.42 Å². The Morgan fingerprint density at radius 3 is 2.75 bits per heavy atom. The van der Waals surface area contributed by atoms with Gasteiger partial charge in [-0.15, -0.1) is 0 Å². The van der Waals surface area contributed by atoms with E-state index in [-0.39, 0.29) is 5.75 Å². The lowest BCUT2D eigenvalue weighted by atomic mass is 10.0. The van der Waals surface area contributed by atoms with E-state index in [0.717, 1.165) is 32.4 Å². The topological polar surface area (TPSA) is 58.2 Å². The second-order valence-corrected chi connectivity index (χ2v) is 7.46. The number of nitrogens with one attached hydrogen (secondary N) is 2. The van der Waals surface area contributed by atoms with Crippen molar-refractivity contribution in [3.8, 4) is 0 Å². The van der Waals surface area contributed by atoms with Crippen LogP contribution in [0.3, 0.4) is 0 Å². The zero-order valence-corrected chi connectivity index (χ0v) is 12.9. The van der Waals surface area contributed by atoms with Gasteiger partial charge in [-0.05, 0) is 50.8 Å². The molecular formula is C15H24N2O2S. The maximum atomic E-state index is 12.0. The van der Waals surface area contributed by atoms with E-state index in [1.807, 2.05) is 25.1 Å². The van der Waals surface area contributed by atoms with Gasteiger partial charge in [0.15, 0.2) is 0 Å². The molecule has 0 aliphatic carbocycles. The van der Waals surface area contributed by atoms with Crippen LogP contribution < -0.4 is 10.0 Å². The number of aryl methyl sites for hydroxylation is 1. The summed E-state index contributed by atoms with van der Waals surface area (Å²) in [6, 6.07) is 8.19. The summed E-state index contributed by atoms with van der Waals surface area (Å²) in [5, 5.41) is 3.26. The maximum Gasteiger partial charge on any atom is 0.211 e. The molecule has 0 saturated carbocycles. The predicted octanol–water partition coefficient (Wildman–Crippen LogP) is 1.46. The van der Waals surface area contributed by atoms with Crippen LogP contribution in [0.4, 0.5) is 0 Å². The summed E-state index contributed by atoms with van der Waals surface area (Å²) in [4.78, 5) is 0. The summed E-state index contributed by atoms with van der Waals surface area (Å²) in [6.07, 6.45) is 2.66. The summed E-state index contributed by atoms with van der Waals surface area (Å²) in [5.41, 5.74) is 2.38. The van der Waals surface area contributed by atoms with Gasteiger partial charge in [-0.25, -0.2) is 13.1 Å². The quantitative estimate of drug-likeness (QED) is 0.835. The minimum absolute atomic E-state index is 0.266. The lowest BCUT2D eigenvalue weighted by molar-refractivity contribution is 0.400. The van der Waals surface area contributed by atoms with Crippen molar-refractivity contribution in [1.82, 2.24) is 10.0 Å². The minimum Gasteiger partial charge on any atom is -0.317 e. The molecule has 0 aromatic heterocycles. The van der Waals surface area contributed by atoms with E-state index < -0.39 is 10.0 Å². The molecule has 1 saturated heterocycles. The fourth-order valence-electron chi connectivity index (χ4n) is 2.64. The summed E-state index contributed by atoms with van der Waals surface area (Å²) in [7, 11) is -3.14. The molecule has 1 aromatic carbocycles. The van der Waals surface area contributed by atoms with Crippen molar-refractivity contribution in [2.75, 3.05) is 25.4 Å². The molecule has 4 nitrogen and oxygen atoms in total. The van der Waals surface area contributed by atoms with Crippen LogP contribution in [0.25, 0.3) is 0 Å². The van der Waals surface area contributed by atoms with Gasteiger partial charge < -0.3 is 5.32 Å². The lowest BCUT2D eigenvalue weighted by Crippen LogP contribution is -2.36. The molecule has 0 unspecified atom stereocenters. The molecule has 0 atom stereocenters. The first-order chi connectivity index (χ1) is 9.55. The number of rotatable bonds is 6. The second-order valence-electron chi connectivity index (χ2n) is 5.61. The third kappa shape index (κ3) is 5.23. The first-order valence-corrected chi connectivity index (χ1v) is 8.94. The molecule has 0 bridgehead atoms. The second kappa shape index (κ2) is 7.20. The molecular weight excluding hydrogens is 272 g/mol. The fourth-order valence-corrected chi connectivity index (χ4v) is 4.12. The third-order valence-corrected chi connectivity index (χ3v) is 5.29. The SMILES string of the molecule is Cc1cccc(CCNS(=O)(=O)CC2CCNCC2)c1. The average molecular weight is 296 g/mol. The van der Waals surface area contributed by atoms with Gasteiger partial charge in [0.25, 0.3) is 0 Å². The molecule has 1 heterocycles. The molecule has 112 valence electrons. The van der Waals surface area contributed by atoms with Gasteiger partial charge in [0.2, 0.25) is 10.0 Å². The fraction of sp³-hybridized carbons (Fsp3) is 0.600. The maximum absolute atomic E-state index is 12.0. The van der Waals surface area contributed by atoms with Crippen LogP contribution in [-0.4, -0.2) is 33.8 Å². The summed E-state index contributed by atoms with van der Waals surface area (Å²) < 4.78 is 26.8. The highest BCUT2D eigenvalue weighted by molar-refractivity contribution is 7.89. The number of piperidine rings is 1. The van der Waals surface area contributed by atoms with Crippen LogP contribution in [0.1, 0.15) is 24.0 Å². The highest BCUT2D eigenvalue weighted by Crippen LogP contribution is 2.13. The van der Waals surface area contributed by atoms with Crippen LogP contribution in [-0.2, 0) is 16.4 Å². The van der Waals surface area contributed by atoms with Gasteiger partial charge >= 0.3 is 0 Å². The Kier molecular flexibility index (Phi) is 5.57. The van der Waals surface area contributed by atoms with Crippen molar-refractivity contribution in [1.29, 1.82) is 0 Å². The number of sulfonamides is 1. The number of hydrogen-bond acceptors (Lipinski definition) is 3. The molecule has 5 heteroatoms. The van der Waals surface area contributed by atoms with Crippen LogP contribution >= 0.6 is 0 Å². The molecule has 1 aliphatic rings. The van der Waals surface area contributed by atoms with Gasteiger partial charge in [-0.1, -0.05) is 29.8 Å². The Balaban J connectivity index is 1.77. The van der Waals surface area contributed by atoms with E-state index in [2.05, 4.69) is 16.1 Å².